The van der Waals surface area contributed by atoms with Gasteiger partial charge in [0.2, 0.25) is 0 Å². The van der Waals surface area contributed by atoms with Gasteiger partial charge in [-0.15, -0.1) is 11.3 Å². The van der Waals surface area contributed by atoms with Gasteiger partial charge in [0.1, 0.15) is 5.75 Å². The van der Waals surface area contributed by atoms with E-state index in [9.17, 15) is 0 Å². The predicted molar refractivity (Wildman–Crippen MR) is 86.0 cm³/mol. The molecule has 0 fully saturated rings. The third kappa shape index (κ3) is 2.75. The molecule has 1 unspecified atom stereocenters. The predicted octanol–water partition coefficient (Wildman–Crippen LogP) is 4.65. The van der Waals surface area contributed by atoms with Crippen molar-refractivity contribution in [1.82, 2.24) is 0 Å². The van der Waals surface area contributed by atoms with Crippen molar-refractivity contribution in [1.29, 1.82) is 0 Å². The second-order valence-electron chi connectivity index (χ2n) is 4.57. The largest absolute Gasteiger partial charge is 0.493 e. The highest BCUT2D eigenvalue weighted by molar-refractivity contribution is 9.13. The Morgan fingerprint density at radius 1 is 1.26 bits per heavy atom. The molecule has 2 aromatic rings. The van der Waals surface area contributed by atoms with E-state index in [4.69, 9.17) is 10.5 Å². The summed E-state index contributed by atoms with van der Waals surface area (Å²) < 4.78 is 7.78. The molecule has 2 heterocycles. The number of hydrogen-bond acceptors (Lipinski definition) is 3. The van der Waals surface area contributed by atoms with Gasteiger partial charge in [0, 0.05) is 9.35 Å². The van der Waals surface area contributed by atoms with E-state index >= 15 is 0 Å². The summed E-state index contributed by atoms with van der Waals surface area (Å²) in [6.45, 7) is 0.823. The lowest BCUT2D eigenvalue weighted by molar-refractivity contribution is 0.288. The van der Waals surface area contributed by atoms with E-state index < -0.39 is 0 Å². The summed E-state index contributed by atoms with van der Waals surface area (Å²) in [5.41, 5.74) is 8.78. The molecular formula is C14H13Br2NOS. The highest BCUT2D eigenvalue weighted by atomic mass is 79.9. The van der Waals surface area contributed by atoms with Crippen LogP contribution in [0.15, 0.2) is 32.5 Å². The zero-order valence-corrected chi connectivity index (χ0v) is 14.1. The van der Waals surface area contributed by atoms with Gasteiger partial charge in [-0.3, -0.25) is 0 Å². The van der Waals surface area contributed by atoms with Gasteiger partial charge < -0.3 is 10.5 Å². The molecule has 2 N–H and O–H groups in total. The Morgan fingerprint density at radius 2 is 2.11 bits per heavy atom. The molecule has 0 amide bonds. The first-order chi connectivity index (χ1) is 9.15. The summed E-state index contributed by atoms with van der Waals surface area (Å²) in [7, 11) is 0. The topological polar surface area (TPSA) is 35.2 Å². The van der Waals surface area contributed by atoms with Crippen molar-refractivity contribution in [3.63, 3.8) is 0 Å². The van der Waals surface area contributed by atoms with E-state index in [1.54, 1.807) is 11.3 Å². The maximum Gasteiger partial charge on any atom is 0.122 e. The van der Waals surface area contributed by atoms with Crippen LogP contribution in [0.25, 0.3) is 0 Å². The van der Waals surface area contributed by atoms with E-state index in [0.717, 1.165) is 43.9 Å². The van der Waals surface area contributed by atoms with Gasteiger partial charge in [-0.1, -0.05) is 12.1 Å². The van der Waals surface area contributed by atoms with Crippen LogP contribution in [-0.2, 0) is 6.42 Å². The number of hydrogen-bond donors (Lipinski definition) is 1. The fraction of sp³-hybridized carbons (Fsp3) is 0.286. The normalized spacial score (nSPS) is 15.7. The van der Waals surface area contributed by atoms with E-state index in [2.05, 4.69) is 50.1 Å². The second kappa shape index (κ2) is 5.56. The molecule has 1 aromatic carbocycles. The average Bonchev–Trinajstić information content (AvgIpc) is 2.77. The molecule has 0 saturated heterocycles. The minimum Gasteiger partial charge on any atom is -0.493 e. The maximum absolute atomic E-state index is 6.36. The molecule has 5 heteroatoms. The quantitative estimate of drug-likeness (QED) is 0.793. The first-order valence-corrected chi connectivity index (χ1v) is 8.51. The van der Waals surface area contributed by atoms with Crippen molar-refractivity contribution in [3.05, 3.63) is 48.5 Å². The lowest BCUT2D eigenvalue weighted by atomic mass is 9.99. The van der Waals surface area contributed by atoms with Gasteiger partial charge >= 0.3 is 0 Å². The zero-order valence-electron chi connectivity index (χ0n) is 10.2. The summed E-state index contributed by atoms with van der Waals surface area (Å²) in [4.78, 5) is 1.15. The first kappa shape index (κ1) is 13.6. The van der Waals surface area contributed by atoms with Crippen molar-refractivity contribution in [2.75, 3.05) is 6.61 Å². The number of nitrogens with two attached hydrogens (primary N) is 1. The number of benzene rings is 1. The molecule has 0 saturated carbocycles. The van der Waals surface area contributed by atoms with Crippen LogP contribution < -0.4 is 10.5 Å². The van der Waals surface area contributed by atoms with Gasteiger partial charge in [0.05, 0.1) is 16.4 Å². The van der Waals surface area contributed by atoms with Crippen LogP contribution >= 0.6 is 43.2 Å². The molecule has 2 nitrogen and oxygen atoms in total. The third-order valence-electron chi connectivity index (χ3n) is 3.26. The van der Waals surface area contributed by atoms with E-state index in [-0.39, 0.29) is 6.04 Å². The fourth-order valence-electron chi connectivity index (χ4n) is 2.25. The molecule has 0 aliphatic carbocycles. The number of rotatable bonds is 2. The Kier molecular flexibility index (Phi) is 3.98. The fourth-order valence-corrected chi connectivity index (χ4v) is 4.37. The second-order valence-corrected chi connectivity index (χ2v) is 7.82. The molecule has 1 aromatic heterocycles. The van der Waals surface area contributed by atoms with Crippen LogP contribution in [0.1, 0.15) is 28.5 Å². The van der Waals surface area contributed by atoms with Gasteiger partial charge in [-0.2, -0.15) is 0 Å². The number of fused-ring (bicyclic) bond motifs is 1. The summed E-state index contributed by atoms with van der Waals surface area (Å²) >= 11 is 8.69. The number of aryl methyl sites for hydroxylation is 1. The van der Waals surface area contributed by atoms with Crippen LogP contribution in [0, 0.1) is 0 Å². The molecule has 0 bridgehead atoms. The third-order valence-corrected chi connectivity index (χ3v) is 6.60. The highest BCUT2D eigenvalue weighted by Gasteiger charge is 2.17. The molecule has 1 atom stereocenters. The van der Waals surface area contributed by atoms with E-state index in [1.165, 1.54) is 5.56 Å². The Morgan fingerprint density at radius 3 is 2.84 bits per heavy atom. The molecule has 0 spiro atoms. The number of halogens is 2. The van der Waals surface area contributed by atoms with Crippen LogP contribution in [0.4, 0.5) is 0 Å². The molecular weight excluding hydrogens is 390 g/mol. The summed E-state index contributed by atoms with van der Waals surface area (Å²) in [6, 6.07) is 8.29. The summed E-state index contributed by atoms with van der Waals surface area (Å²) in [5, 5.41) is 0. The van der Waals surface area contributed by atoms with Crippen molar-refractivity contribution in [2.45, 2.75) is 18.9 Å². The Hall–Kier alpha value is -0.360. The highest BCUT2D eigenvalue weighted by Crippen LogP contribution is 2.37. The molecule has 0 radical (unpaired) electrons. The van der Waals surface area contributed by atoms with Gasteiger partial charge in [-0.25, -0.2) is 0 Å². The van der Waals surface area contributed by atoms with E-state index in [0.29, 0.717) is 0 Å². The molecule has 1 aliphatic rings. The lowest BCUT2D eigenvalue weighted by Crippen LogP contribution is -2.13. The Bertz CT molecular complexity index is 592. The van der Waals surface area contributed by atoms with Crippen LogP contribution in [-0.4, -0.2) is 6.61 Å². The molecule has 1 aliphatic heterocycles. The van der Waals surface area contributed by atoms with Crippen molar-refractivity contribution in [3.8, 4) is 5.75 Å². The van der Waals surface area contributed by atoms with Crippen molar-refractivity contribution < 1.29 is 4.74 Å². The Balaban J connectivity index is 1.93. The minimum atomic E-state index is -0.0835. The van der Waals surface area contributed by atoms with Crippen molar-refractivity contribution in [2.24, 2.45) is 5.73 Å². The van der Waals surface area contributed by atoms with Crippen LogP contribution in [0.3, 0.4) is 0 Å². The monoisotopic (exact) mass is 401 g/mol. The minimum absolute atomic E-state index is 0.0835. The SMILES string of the molecule is NC(c1ccc2c(c1)CCCO2)c1cc(Br)c(Br)s1. The number of thiophene rings is 1. The van der Waals surface area contributed by atoms with Gasteiger partial charge in [0.25, 0.3) is 0 Å². The smallest absolute Gasteiger partial charge is 0.122 e. The summed E-state index contributed by atoms with van der Waals surface area (Å²) in [5.74, 6) is 1.01. The van der Waals surface area contributed by atoms with Crippen molar-refractivity contribution >= 4 is 43.2 Å². The molecule has 100 valence electrons. The Labute approximate surface area is 133 Å². The van der Waals surface area contributed by atoms with Gasteiger partial charge in [-0.05, 0) is 68.0 Å². The van der Waals surface area contributed by atoms with Crippen LogP contribution in [0.5, 0.6) is 5.75 Å². The maximum atomic E-state index is 6.36. The summed E-state index contributed by atoms with van der Waals surface area (Å²) in [6.07, 6.45) is 2.16. The first-order valence-electron chi connectivity index (χ1n) is 6.11. The standard InChI is InChI=1S/C14H13Br2NOS/c15-10-7-12(19-14(10)16)13(17)9-3-4-11-8(6-9)2-1-5-18-11/h3-4,6-7,13H,1-2,5,17H2. The van der Waals surface area contributed by atoms with Crippen LogP contribution in [0.2, 0.25) is 0 Å². The van der Waals surface area contributed by atoms with Gasteiger partial charge in [0.15, 0.2) is 0 Å². The average molecular weight is 403 g/mol. The molecule has 3 rings (SSSR count). The van der Waals surface area contributed by atoms with E-state index in [1.807, 2.05) is 6.07 Å². The zero-order chi connectivity index (χ0) is 13.4. The number of ether oxygens (including phenoxy) is 1. The molecule has 19 heavy (non-hydrogen) atoms. The lowest BCUT2D eigenvalue weighted by Gasteiger charge is -2.19.